The summed E-state index contributed by atoms with van der Waals surface area (Å²) in [5, 5.41) is 7.13. The number of hydrogen-bond acceptors (Lipinski definition) is 4. The first-order chi connectivity index (χ1) is 17.0. The molecule has 0 radical (unpaired) electrons. The zero-order valence-electron chi connectivity index (χ0n) is 20.5. The summed E-state index contributed by atoms with van der Waals surface area (Å²) in [6.45, 7) is 5.58. The van der Waals surface area contributed by atoms with Crippen LogP contribution in [0.25, 0.3) is 0 Å². The summed E-state index contributed by atoms with van der Waals surface area (Å²) >= 11 is 0. The van der Waals surface area contributed by atoms with Gasteiger partial charge in [0, 0.05) is 31.5 Å². The molecule has 2 heterocycles. The average Bonchev–Trinajstić information content (AvgIpc) is 3.48. The van der Waals surface area contributed by atoms with Crippen LogP contribution in [0.5, 0.6) is 0 Å². The maximum absolute atomic E-state index is 13.0. The lowest BCUT2D eigenvalue weighted by atomic mass is 9.88. The smallest absolute Gasteiger partial charge is 0.259 e. The van der Waals surface area contributed by atoms with Crippen molar-refractivity contribution in [1.29, 1.82) is 0 Å². The highest BCUT2D eigenvalue weighted by molar-refractivity contribution is 5.96. The van der Waals surface area contributed by atoms with Crippen LogP contribution in [0.15, 0.2) is 65.2 Å². The molecule has 1 N–H and O–H groups in total. The molecule has 182 valence electrons. The van der Waals surface area contributed by atoms with Gasteiger partial charge in [0.05, 0.1) is 5.69 Å². The van der Waals surface area contributed by atoms with E-state index >= 15 is 0 Å². The van der Waals surface area contributed by atoms with Crippen molar-refractivity contribution in [1.82, 2.24) is 15.4 Å². The number of piperidine rings is 1. The highest BCUT2D eigenvalue weighted by Crippen LogP contribution is 2.59. The molecule has 6 heteroatoms. The van der Waals surface area contributed by atoms with Crippen molar-refractivity contribution >= 4 is 11.8 Å². The highest BCUT2D eigenvalue weighted by atomic mass is 16.5. The SMILES string of the molecule is Cc1noc(C)c1C(=O)N1CCC2(CC1)C[C@@H]2C(=O)NCCC(c1ccccc1)c1ccccc1. The van der Waals surface area contributed by atoms with E-state index in [2.05, 4.69) is 59.0 Å². The molecule has 35 heavy (non-hydrogen) atoms. The van der Waals surface area contributed by atoms with Crippen LogP contribution in [0.3, 0.4) is 0 Å². The number of amides is 2. The molecule has 2 aromatic carbocycles. The zero-order chi connectivity index (χ0) is 24.4. The van der Waals surface area contributed by atoms with Crippen molar-refractivity contribution in [3.63, 3.8) is 0 Å². The molecule has 3 aromatic rings. The van der Waals surface area contributed by atoms with Crippen molar-refractivity contribution in [2.75, 3.05) is 19.6 Å². The Morgan fingerprint density at radius 3 is 2.17 bits per heavy atom. The van der Waals surface area contributed by atoms with Gasteiger partial charge in [-0.2, -0.15) is 0 Å². The van der Waals surface area contributed by atoms with E-state index in [-0.39, 0.29) is 29.1 Å². The fourth-order valence-corrected chi connectivity index (χ4v) is 5.73. The molecular formula is C29H33N3O3. The summed E-state index contributed by atoms with van der Waals surface area (Å²) in [4.78, 5) is 27.8. The maximum atomic E-state index is 13.0. The number of aromatic nitrogens is 1. The van der Waals surface area contributed by atoms with E-state index in [0.29, 0.717) is 36.7 Å². The van der Waals surface area contributed by atoms with Crippen LogP contribution in [-0.4, -0.2) is 41.5 Å². The zero-order valence-corrected chi connectivity index (χ0v) is 20.5. The Morgan fingerprint density at radius 1 is 1.03 bits per heavy atom. The van der Waals surface area contributed by atoms with Crippen molar-refractivity contribution in [3.8, 4) is 0 Å². The average molecular weight is 472 g/mol. The van der Waals surface area contributed by atoms with Crippen LogP contribution >= 0.6 is 0 Å². The largest absolute Gasteiger partial charge is 0.361 e. The summed E-state index contributed by atoms with van der Waals surface area (Å²) in [6, 6.07) is 21.0. The Labute approximate surface area is 206 Å². The van der Waals surface area contributed by atoms with Crippen molar-refractivity contribution in [2.24, 2.45) is 11.3 Å². The predicted octanol–water partition coefficient (Wildman–Crippen LogP) is 4.87. The molecule has 2 aliphatic rings. The molecule has 1 atom stereocenters. The van der Waals surface area contributed by atoms with Gasteiger partial charge in [-0.1, -0.05) is 65.8 Å². The van der Waals surface area contributed by atoms with Gasteiger partial charge in [0.15, 0.2) is 0 Å². The monoisotopic (exact) mass is 471 g/mol. The number of carbonyl (C=O) groups is 2. The molecular weight excluding hydrogens is 438 g/mol. The molecule has 1 aromatic heterocycles. The number of nitrogens with one attached hydrogen (secondary N) is 1. The number of carbonyl (C=O) groups excluding carboxylic acids is 2. The number of rotatable bonds is 7. The molecule has 0 bridgehead atoms. The summed E-state index contributed by atoms with van der Waals surface area (Å²) in [7, 11) is 0. The Bertz CT molecular complexity index is 1120. The standard InChI is InChI=1S/C29H33N3O3/c1-20-26(21(2)35-31-20)28(34)32-17-14-29(15-18-32)19-25(29)27(33)30-16-13-24(22-9-5-3-6-10-22)23-11-7-4-8-12-23/h3-12,24-25H,13-19H2,1-2H3,(H,30,33)/t25-/m1/s1. The number of likely N-dealkylation sites (tertiary alicyclic amines) is 1. The van der Waals surface area contributed by atoms with E-state index in [1.807, 2.05) is 17.0 Å². The second kappa shape index (κ2) is 9.68. The van der Waals surface area contributed by atoms with Crippen LogP contribution in [0.2, 0.25) is 0 Å². The fourth-order valence-electron chi connectivity index (χ4n) is 5.73. The van der Waals surface area contributed by atoms with Crippen LogP contribution in [-0.2, 0) is 4.79 Å². The minimum Gasteiger partial charge on any atom is -0.361 e. The minimum atomic E-state index is -0.00869. The Kier molecular flexibility index (Phi) is 6.46. The van der Waals surface area contributed by atoms with Gasteiger partial charge < -0.3 is 14.7 Å². The molecule has 1 saturated carbocycles. The van der Waals surface area contributed by atoms with Crippen LogP contribution in [0.4, 0.5) is 0 Å². The predicted molar refractivity (Wildman–Crippen MR) is 134 cm³/mol. The first kappa shape index (κ1) is 23.3. The first-order valence-corrected chi connectivity index (χ1v) is 12.6. The molecule has 6 nitrogen and oxygen atoms in total. The van der Waals surface area contributed by atoms with Gasteiger partial charge in [0.1, 0.15) is 11.3 Å². The lowest BCUT2D eigenvalue weighted by Gasteiger charge is -2.32. The summed E-state index contributed by atoms with van der Waals surface area (Å²) in [5.74, 6) is 1.04. The molecule has 1 spiro atoms. The van der Waals surface area contributed by atoms with E-state index < -0.39 is 0 Å². The van der Waals surface area contributed by atoms with Crippen LogP contribution in [0, 0.1) is 25.2 Å². The van der Waals surface area contributed by atoms with Gasteiger partial charge in [0.2, 0.25) is 5.91 Å². The third-order valence-corrected chi connectivity index (χ3v) is 7.94. The quantitative estimate of drug-likeness (QED) is 0.533. The molecule has 1 aliphatic carbocycles. The number of aryl methyl sites for hydroxylation is 2. The molecule has 1 saturated heterocycles. The third-order valence-electron chi connectivity index (χ3n) is 7.94. The molecule has 1 aliphatic heterocycles. The van der Waals surface area contributed by atoms with E-state index in [1.54, 1.807) is 13.8 Å². The second-order valence-electron chi connectivity index (χ2n) is 10.1. The Balaban J connectivity index is 1.14. The van der Waals surface area contributed by atoms with Gasteiger partial charge >= 0.3 is 0 Å². The normalized spacial score (nSPS) is 18.6. The summed E-state index contributed by atoms with van der Waals surface area (Å²) < 4.78 is 5.17. The van der Waals surface area contributed by atoms with Crippen molar-refractivity contribution in [3.05, 3.63) is 88.8 Å². The topological polar surface area (TPSA) is 75.4 Å². The van der Waals surface area contributed by atoms with Crippen molar-refractivity contribution < 1.29 is 14.1 Å². The van der Waals surface area contributed by atoms with E-state index in [1.165, 1.54) is 11.1 Å². The Hall–Kier alpha value is -3.41. The number of benzene rings is 2. The maximum Gasteiger partial charge on any atom is 0.259 e. The first-order valence-electron chi connectivity index (χ1n) is 12.6. The van der Waals surface area contributed by atoms with Crippen molar-refractivity contribution in [2.45, 2.75) is 45.4 Å². The number of nitrogens with zero attached hydrogens (tertiary/aromatic N) is 2. The van der Waals surface area contributed by atoms with E-state index in [0.717, 1.165) is 25.7 Å². The third kappa shape index (κ3) is 4.75. The lowest BCUT2D eigenvalue weighted by molar-refractivity contribution is -0.123. The van der Waals surface area contributed by atoms with Gasteiger partial charge in [-0.05, 0) is 56.1 Å². The molecule has 0 unspecified atom stereocenters. The lowest BCUT2D eigenvalue weighted by Crippen LogP contribution is -2.41. The molecule has 5 rings (SSSR count). The second-order valence-corrected chi connectivity index (χ2v) is 10.1. The number of hydrogen-bond donors (Lipinski definition) is 1. The fraction of sp³-hybridized carbons (Fsp3) is 0.414. The Morgan fingerprint density at radius 2 is 1.63 bits per heavy atom. The van der Waals surface area contributed by atoms with Gasteiger partial charge in [-0.15, -0.1) is 0 Å². The summed E-state index contributed by atoms with van der Waals surface area (Å²) in [6.07, 6.45) is 3.53. The van der Waals surface area contributed by atoms with Crippen LogP contribution in [0.1, 0.15) is 64.5 Å². The van der Waals surface area contributed by atoms with E-state index in [4.69, 9.17) is 4.52 Å². The highest BCUT2D eigenvalue weighted by Gasteiger charge is 2.58. The van der Waals surface area contributed by atoms with Crippen LogP contribution < -0.4 is 5.32 Å². The van der Waals surface area contributed by atoms with Gasteiger partial charge in [-0.25, -0.2) is 0 Å². The molecule has 2 fully saturated rings. The minimum absolute atomic E-state index is 0.00869. The molecule has 2 amide bonds. The van der Waals surface area contributed by atoms with E-state index in [9.17, 15) is 9.59 Å². The summed E-state index contributed by atoms with van der Waals surface area (Å²) in [5.41, 5.74) is 3.81. The van der Waals surface area contributed by atoms with Gasteiger partial charge in [0.25, 0.3) is 5.91 Å². The van der Waals surface area contributed by atoms with Gasteiger partial charge in [-0.3, -0.25) is 9.59 Å².